The number of likely N-dealkylation sites (tertiary alicyclic amines) is 2. The molecule has 2 aliphatic rings. The highest BCUT2D eigenvalue weighted by atomic mass is 32.1. The van der Waals surface area contributed by atoms with Crippen LogP contribution in [0.5, 0.6) is 0 Å². The Bertz CT molecular complexity index is 706. The third kappa shape index (κ3) is 3.46. The maximum absolute atomic E-state index is 12.6. The van der Waals surface area contributed by atoms with E-state index in [-0.39, 0.29) is 11.3 Å². The van der Waals surface area contributed by atoms with Crippen LogP contribution in [0.25, 0.3) is 0 Å². The van der Waals surface area contributed by atoms with Gasteiger partial charge in [-0.05, 0) is 35.8 Å². The van der Waals surface area contributed by atoms with Crippen molar-refractivity contribution in [2.75, 3.05) is 39.9 Å². The smallest absolute Gasteiger partial charge is 0.257 e. The number of amides is 1. The summed E-state index contributed by atoms with van der Waals surface area (Å²) in [6, 6.07) is 6.09. The largest absolute Gasteiger partial charge is 0.472 e. The molecule has 5 nitrogen and oxygen atoms in total. The molecule has 140 valence electrons. The lowest BCUT2D eigenvalue weighted by Gasteiger charge is -2.42. The third-order valence-electron chi connectivity index (χ3n) is 6.03. The van der Waals surface area contributed by atoms with Gasteiger partial charge in [-0.1, -0.05) is 6.07 Å². The number of hydrogen-bond acceptors (Lipinski definition) is 5. The first-order valence-electron chi connectivity index (χ1n) is 9.25. The van der Waals surface area contributed by atoms with E-state index in [4.69, 9.17) is 9.15 Å². The van der Waals surface area contributed by atoms with Gasteiger partial charge in [-0.3, -0.25) is 9.69 Å². The molecule has 0 aliphatic carbocycles. The fraction of sp³-hybridized carbons (Fsp3) is 0.550. The zero-order valence-electron chi connectivity index (χ0n) is 15.2. The van der Waals surface area contributed by atoms with E-state index < -0.39 is 0 Å². The van der Waals surface area contributed by atoms with Crippen molar-refractivity contribution in [1.29, 1.82) is 0 Å². The molecule has 0 aromatic carbocycles. The van der Waals surface area contributed by atoms with Crippen LogP contribution in [0.2, 0.25) is 0 Å². The summed E-state index contributed by atoms with van der Waals surface area (Å²) in [4.78, 5) is 18.5. The van der Waals surface area contributed by atoms with E-state index in [1.54, 1.807) is 25.7 Å². The van der Waals surface area contributed by atoms with Crippen LogP contribution in [0.3, 0.4) is 0 Å². The molecular formula is C20H26N2O3S. The van der Waals surface area contributed by atoms with Gasteiger partial charge in [0, 0.05) is 50.6 Å². The van der Waals surface area contributed by atoms with E-state index in [0.29, 0.717) is 11.5 Å². The van der Waals surface area contributed by atoms with Crippen molar-refractivity contribution in [2.24, 2.45) is 11.3 Å². The first kappa shape index (κ1) is 17.8. The lowest BCUT2D eigenvalue weighted by Crippen LogP contribution is -2.47. The zero-order chi connectivity index (χ0) is 18.0. The Morgan fingerprint density at radius 1 is 1.38 bits per heavy atom. The number of ether oxygens (including phenoxy) is 1. The SMILES string of the molecule is COCC1CN(Cc2cccs2)CC12CCN(C(=O)c1ccoc1)CC2. The molecule has 1 spiro atoms. The summed E-state index contributed by atoms with van der Waals surface area (Å²) in [7, 11) is 1.80. The quantitative estimate of drug-likeness (QED) is 0.805. The van der Waals surface area contributed by atoms with Crippen molar-refractivity contribution in [3.8, 4) is 0 Å². The number of furan rings is 1. The second kappa shape index (κ2) is 7.55. The van der Waals surface area contributed by atoms with Crippen LogP contribution < -0.4 is 0 Å². The van der Waals surface area contributed by atoms with Crippen LogP contribution in [0.15, 0.2) is 40.5 Å². The Labute approximate surface area is 158 Å². The maximum Gasteiger partial charge on any atom is 0.257 e. The van der Waals surface area contributed by atoms with E-state index in [2.05, 4.69) is 22.4 Å². The molecule has 2 fully saturated rings. The average Bonchev–Trinajstić information content (AvgIpc) is 3.39. The molecule has 2 aromatic rings. The van der Waals surface area contributed by atoms with Crippen LogP contribution in [-0.2, 0) is 11.3 Å². The van der Waals surface area contributed by atoms with Crippen molar-refractivity contribution in [2.45, 2.75) is 19.4 Å². The average molecular weight is 375 g/mol. The predicted octanol–water partition coefficient (Wildman–Crippen LogP) is 3.34. The van der Waals surface area contributed by atoms with Gasteiger partial charge in [-0.2, -0.15) is 0 Å². The minimum absolute atomic E-state index is 0.0883. The van der Waals surface area contributed by atoms with Gasteiger partial charge in [0.05, 0.1) is 18.4 Å². The molecule has 1 unspecified atom stereocenters. The van der Waals surface area contributed by atoms with Gasteiger partial charge in [0.15, 0.2) is 0 Å². The van der Waals surface area contributed by atoms with Crippen molar-refractivity contribution < 1.29 is 13.9 Å². The number of hydrogen-bond donors (Lipinski definition) is 0. The van der Waals surface area contributed by atoms with Crippen molar-refractivity contribution in [3.63, 3.8) is 0 Å². The van der Waals surface area contributed by atoms with E-state index >= 15 is 0 Å². The molecule has 2 aromatic heterocycles. The van der Waals surface area contributed by atoms with Gasteiger partial charge in [-0.25, -0.2) is 0 Å². The maximum atomic E-state index is 12.6. The Balaban J connectivity index is 1.42. The second-order valence-electron chi connectivity index (χ2n) is 7.57. The highest BCUT2D eigenvalue weighted by molar-refractivity contribution is 7.09. The summed E-state index contributed by atoms with van der Waals surface area (Å²) < 4.78 is 10.6. The molecular weight excluding hydrogens is 348 g/mol. The summed E-state index contributed by atoms with van der Waals surface area (Å²) in [6.07, 6.45) is 5.20. The summed E-state index contributed by atoms with van der Waals surface area (Å²) in [6.45, 7) is 5.65. The second-order valence-corrected chi connectivity index (χ2v) is 8.60. The fourth-order valence-electron chi connectivity index (χ4n) is 4.61. The number of nitrogens with zero attached hydrogens (tertiary/aromatic N) is 2. The van der Waals surface area contributed by atoms with Gasteiger partial charge in [0.25, 0.3) is 5.91 Å². The Hall–Kier alpha value is -1.63. The Kier molecular flexibility index (Phi) is 5.16. The third-order valence-corrected chi connectivity index (χ3v) is 6.89. The molecule has 0 radical (unpaired) electrons. The summed E-state index contributed by atoms with van der Waals surface area (Å²) in [5, 5.41) is 2.15. The topological polar surface area (TPSA) is 45.9 Å². The lowest BCUT2D eigenvalue weighted by molar-refractivity contribution is 0.0322. The normalized spacial score (nSPS) is 23.0. The zero-order valence-corrected chi connectivity index (χ0v) is 16.0. The van der Waals surface area contributed by atoms with E-state index in [1.165, 1.54) is 4.88 Å². The molecule has 2 saturated heterocycles. The van der Waals surface area contributed by atoms with Gasteiger partial charge >= 0.3 is 0 Å². The fourth-order valence-corrected chi connectivity index (χ4v) is 5.35. The van der Waals surface area contributed by atoms with Gasteiger partial charge in [-0.15, -0.1) is 11.3 Å². The molecule has 1 amide bonds. The summed E-state index contributed by atoms with van der Waals surface area (Å²) in [5.41, 5.74) is 0.917. The molecule has 0 N–H and O–H groups in total. The first-order valence-corrected chi connectivity index (χ1v) is 10.1. The van der Waals surface area contributed by atoms with Crippen LogP contribution >= 0.6 is 11.3 Å². The number of piperidine rings is 1. The van der Waals surface area contributed by atoms with Crippen LogP contribution in [0.1, 0.15) is 28.1 Å². The number of rotatable bonds is 5. The molecule has 2 aliphatic heterocycles. The number of methoxy groups -OCH3 is 1. The molecule has 6 heteroatoms. The molecule has 0 bridgehead atoms. The van der Waals surface area contributed by atoms with Gasteiger partial charge < -0.3 is 14.1 Å². The monoisotopic (exact) mass is 374 g/mol. The standard InChI is InChI=1S/C20H26N2O3S/c1-24-14-17-11-21(12-18-3-2-10-26-18)15-20(17)5-7-22(8-6-20)19(23)16-4-9-25-13-16/h2-4,9-10,13,17H,5-8,11-12,14-15H2,1H3. The number of carbonyl (C=O) groups excluding carboxylic acids is 1. The van der Waals surface area contributed by atoms with Crippen molar-refractivity contribution in [3.05, 3.63) is 46.5 Å². The highest BCUT2D eigenvalue weighted by Crippen LogP contribution is 2.45. The molecule has 1 atom stereocenters. The van der Waals surface area contributed by atoms with Gasteiger partial charge in [0.1, 0.15) is 6.26 Å². The molecule has 4 rings (SSSR count). The highest BCUT2D eigenvalue weighted by Gasteiger charge is 2.48. The van der Waals surface area contributed by atoms with Crippen LogP contribution in [0, 0.1) is 11.3 Å². The summed E-state index contributed by atoms with van der Waals surface area (Å²) >= 11 is 1.83. The first-order chi connectivity index (χ1) is 12.7. The lowest BCUT2D eigenvalue weighted by atomic mass is 9.71. The van der Waals surface area contributed by atoms with Crippen molar-refractivity contribution >= 4 is 17.2 Å². The van der Waals surface area contributed by atoms with Gasteiger partial charge in [0.2, 0.25) is 0 Å². The van der Waals surface area contributed by atoms with E-state index in [9.17, 15) is 4.79 Å². The number of carbonyl (C=O) groups is 1. The minimum Gasteiger partial charge on any atom is -0.472 e. The number of thiophene rings is 1. The van der Waals surface area contributed by atoms with Crippen LogP contribution in [-0.4, -0.2) is 55.6 Å². The Morgan fingerprint density at radius 2 is 2.23 bits per heavy atom. The van der Waals surface area contributed by atoms with Crippen LogP contribution in [0.4, 0.5) is 0 Å². The summed E-state index contributed by atoms with van der Waals surface area (Å²) in [5.74, 6) is 0.629. The van der Waals surface area contributed by atoms with E-state index in [1.807, 2.05) is 16.2 Å². The molecule has 26 heavy (non-hydrogen) atoms. The van der Waals surface area contributed by atoms with E-state index in [0.717, 1.165) is 52.2 Å². The Morgan fingerprint density at radius 3 is 2.88 bits per heavy atom. The van der Waals surface area contributed by atoms with Crippen molar-refractivity contribution in [1.82, 2.24) is 9.80 Å². The molecule has 0 saturated carbocycles. The molecule has 4 heterocycles. The predicted molar refractivity (Wildman–Crippen MR) is 101 cm³/mol. The minimum atomic E-state index is 0.0883.